The van der Waals surface area contributed by atoms with Crippen LogP contribution in [0.25, 0.3) is 0 Å². The van der Waals surface area contributed by atoms with Crippen molar-refractivity contribution in [1.82, 2.24) is 4.90 Å². The van der Waals surface area contributed by atoms with E-state index in [1.54, 1.807) is 19.9 Å². The van der Waals surface area contributed by atoms with E-state index in [1.165, 1.54) is 4.90 Å². The minimum atomic E-state index is -0.935. The van der Waals surface area contributed by atoms with E-state index < -0.39 is 6.09 Å². The van der Waals surface area contributed by atoms with Gasteiger partial charge in [-0.1, -0.05) is 6.08 Å². The molecule has 1 atom stereocenters. The fourth-order valence-corrected chi connectivity index (χ4v) is 1.80. The van der Waals surface area contributed by atoms with Gasteiger partial charge < -0.3 is 14.7 Å². The second-order valence-corrected chi connectivity index (χ2v) is 3.76. The summed E-state index contributed by atoms with van der Waals surface area (Å²) in [6.45, 7) is 4.25. The molecule has 0 aromatic carbocycles. The third-order valence-electron chi connectivity index (χ3n) is 2.58. The number of esters is 1. The maximum absolute atomic E-state index is 11.4. The highest BCUT2D eigenvalue weighted by Gasteiger charge is 2.27. The first-order valence-electron chi connectivity index (χ1n) is 5.41. The van der Waals surface area contributed by atoms with Crippen LogP contribution in [0.5, 0.6) is 0 Å². The number of rotatable bonds is 3. The van der Waals surface area contributed by atoms with Crippen LogP contribution in [0, 0.1) is 0 Å². The van der Waals surface area contributed by atoms with Crippen LogP contribution in [0.1, 0.15) is 26.7 Å². The summed E-state index contributed by atoms with van der Waals surface area (Å²) < 4.78 is 4.84. The van der Waals surface area contributed by atoms with Gasteiger partial charge in [0, 0.05) is 12.1 Å². The van der Waals surface area contributed by atoms with Gasteiger partial charge in [0.05, 0.1) is 12.6 Å². The molecule has 1 aliphatic rings. The number of carbonyl (C=O) groups is 2. The van der Waals surface area contributed by atoms with Crippen LogP contribution in [0.2, 0.25) is 0 Å². The zero-order valence-electron chi connectivity index (χ0n) is 9.60. The molecule has 1 fully saturated rings. The molecule has 1 N–H and O–H groups in total. The van der Waals surface area contributed by atoms with Gasteiger partial charge in [-0.25, -0.2) is 9.59 Å². The largest absolute Gasteiger partial charge is 0.465 e. The summed E-state index contributed by atoms with van der Waals surface area (Å²) in [7, 11) is 0. The van der Waals surface area contributed by atoms with Gasteiger partial charge in [-0.15, -0.1) is 0 Å². The molecule has 0 aromatic heterocycles. The van der Waals surface area contributed by atoms with E-state index >= 15 is 0 Å². The number of likely N-dealkylation sites (tertiary alicyclic amines) is 1. The van der Waals surface area contributed by atoms with Crippen molar-refractivity contribution < 1.29 is 19.4 Å². The molecule has 1 rings (SSSR count). The van der Waals surface area contributed by atoms with Crippen LogP contribution in [0.15, 0.2) is 11.6 Å². The van der Waals surface area contributed by atoms with Gasteiger partial charge in [0.1, 0.15) is 0 Å². The molecule has 1 aliphatic heterocycles. The second kappa shape index (κ2) is 5.53. The Labute approximate surface area is 94.7 Å². The molecule has 0 aromatic rings. The molecule has 1 amide bonds. The highest BCUT2D eigenvalue weighted by atomic mass is 16.5. The summed E-state index contributed by atoms with van der Waals surface area (Å²) >= 11 is 0. The number of hydrogen-bond donors (Lipinski definition) is 1. The van der Waals surface area contributed by atoms with Crippen molar-refractivity contribution in [2.24, 2.45) is 0 Å². The van der Waals surface area contributed by atoms with Crippen LogP contribution in [0.3, 0.4) is 0 Å². The maximum atomic E-state index is 11.4. The quantitative estimate of drug-likeness (QED) is 0.588. The third kappa shape index (κ3) is 2.98. The molecule has 0 bridgehead atoms. The number of amides is 1. The van der Waals surface area contributed by atoms with Gasteiger partial charge in [0.25, 0.3) is 0 Å². The lowest BCUT2D eigenvalue weighted by molar-refractivity contribution is -0.138. The lowest BCUT2D eigenvalue weighted by Crippen LogP contribution is -2.33. The lowest BCUT2D eigenvalue weighted by Gasteiger charge is -2.18. The summed E-state index contributed by atoms with van der Waals surface area (Å²) in [4.78, 5) is 23.6. The van der Waals surface area contributed by atoms with E-state index in [0.29, 0.717) is 18.7 Å². The molecule has 0 radical (unpaired) electrons. The standard InChI is InChI=1S/C11H17NO4/c1-3-16-10(13)8(2)7-9-5-4-6-12(9)11(14)15/h7,9H,3-6H2,1-2H3,(H,14,15)/b8-7+. The molecule has 0 aliphatic carbocycles. The monoisotopic (exact) mass is 227 g/mol. The van der Waals surface area contributed by atoms with E-state index in [0.717, 1.165) is 12.8 Å². The Hall–Kier alpha value is -1.52. The van der Waals surface area contributed by atoms with E-state index in [2.05, 4.69) is 0 Å². The average molecular weight is 227 g/mol. The van der Waals surface area contributed by atoms with Crippen LogP contribution in [-0.2, 0) is 9.53 Å². The van der Waals surface area contributed by atoms with E-state index in [4.69, 9.17) is 9.84 Å². The molecule has 1 saturated heterocycles. The van der Waals surface area contributed by atoms with Gasteiger partial charge in [-0.3, -0.25) is 0 Å². The summed E-state index contributed by atoms with van der Waals surface area (Å²) in [5.74, 6) is -0.375. The van der Waals surface area contributed by atoms with Crippen molar-refractivity contribution in [3.05, 3.63) is 11.6 Å². The molecule has 16 heavy (non-hydrogen) atoms. The van der Waals surface area contributed by atoms with Crippen molar-refractivity contribution in [3.8, 4) is 0 Å². The van der Waals surface area contributed by atoms with Crippen LogP contribution < -0.4 is 0 Å². The fraction of sp³-hybridized carbons (Fsp3) is 0.636. The van der Waals surface area contributed by atoms with Gasteiger partial charge in [-0.05, 0) is 26.7 Å². The van der Waals surface area contributed by atoms with Gasteiger partial charge in [0.15, 0.2) is 0 Å². The Balaban J connectivity index is 2.67. The summed E-state index contributed by atoms with van der Waals surface area (Å²) in [5, 5.41) is 8.92. The summed E-state index contributed by atoms with van der Waals surface area (Å²) in [5.41, 5.74) is 0.472. The molecule has 1 unspecified atom stereocenters. The van der Waals surface area contributed by atoms with Gasteiger partial charge >= 0.3 is 12.1 Å². The third-order valence-corrected chi connectivity index (χ3v) is 2.58. The van der Waals surface area contributed by atoms with Gasteiger partial charge in [-0.2, -0.15) is 0 Å². The first-order chi connectivity index (χ1) is 7.56. The SMILES string of the molecule is CCOC(=O)/C(C)=C/C1CCCN1C(=O)O. The van der Waals surface area contributed by atoms with Gasteiger partial charge in [0.2, 0.25) is 0 Å². The number of hydrogen-bond acceptors (Lipinski definition) is 3. The Morgan fingerprint density at radius 3 is 2.81 bits per heavy atom. The zero-order chi connectivity index (χ0) is 12.1. The van der Waals surface area contributed by atoms with E-state index in [-0.39, 0.29) is 12.0 Å². The summed E-state index contributed by atoms with van der Waals surface area (Å²) in [6, 6.07) is -0.193. The van der Waals surface area contributed by atoms with Crippen molar-refractivity contribution in [2.75, 3.05) is 13.2 Å². The molecule has 5 heteroatoms. The highest BCUT2D eigenvalue weighted by molar-refractivity contribution is 5.88. The van der Waals surface area contributed by atoms with Crippen molar-refractivity contribution in [2.45, 2.75) is 32.7 Å². The topological polar surface area (TPSA) is 66.8 Å². The second-order valence-electron chi connectivity index (χ2n) is 3.76. The van der Waals surface area contributed by atoms with Crippen LogP contribution in [-0.4, -0.2) is 41.3 Å². The number of ether oxygens (including phenoxy) is 1. The lowest BCUT2D eigenvalue weighted by atomic mass is 10.1. The van der Waals surface area contributed by atoms with Crippen molar-refractivity contribution >= 4 is 12.1 Å². The molecule has 0 spiro atoms. The van der Waals surface area contributed by atoms with E-state index in [1.807, 2.05) is 0 Å². The Kier molecular flexibility index (Phi) is 4.34. The zero-order valence-corrected chi connectivity index (χ0v) is 9.60. The molecule has 1 heterocycles. The smallest absolute Gasteiger partial charge is 0.407 e. The summed E-state index contributed by atoms with van der Waals surface area (Å²) in [6.07, 6.45) is 2.35. The molecule has 5 nitrogen and oxygen atoms in total. The Morgan fingerprint density at radius 2 is 2.25 bits per heavy atom. The Bertz CT molecular complexity index is 311. The first kappa shape index (κ1) is 12.5. The normalized spacial score (nSPS) is 21.0. The molecular weight excluding hydrogens is 210 g/mol. The fourth-order valence-electron chi connectivity index (χ4n) is 1.80. The number of nitrogens with zero attached hydrogens (tertiary/aromatic N) is 1. The van der Waals surface area contributed by atoms with Crippen molar-refractivity contribution in [1.29, 1.82) is 0 Å². The highest BCUT2D eigenvalue weighted by Crippen LogP contribution is 2.19. The average Bonchev–Trinajstić information content (AvgIpc) is 2.66. The van der Waals surface area contributed by atoms with Crippen LogP contribution >= 0.6 is 0 Å². The molecule has 90 valence electrons. The first-order valence-corrected chi connectivity index (χ1v) is 5.41. The predicted molar refractivity (Wildman–Crippen MR) is 58.1 cm³/mol. The van der Waals surface area contributed by atoms with Crippen molar-refractivity contribution in [3.63, 3.8) is 0 Å². The predicted octanol–water partition coefficient (Wildman–Crippen LogP) is 1.64. The maximum Gasteiger partial charge on any atom is 0.407 e. The number of carboxylic acid groups (broad SMARTS) is 1. The Morgan fingerprint density at radius 1 is 1.56 bits per heavy atom. The molecule has 0 saturated carbocycles. The minimum absolute atomic E-state index is 0.193. The molecular formula is C11H17NO4. The number of carbonyl (C=O) groups excluding carboxylic acids is 1. The van der Waals surface area contributed by atoms with E-state index in [9.17, 15) is 9.59 Å². The minimum Gasteiger partial charge on any atom is -0.465 e. The van der Waals surface area contributed by atoms with Crippen LogP contribution in [0.4, 0.5) is 4.79 Å².